The Kier molecular flexibility index (Phi) is 3.47. The minimum absolute atomic E-state index is 0. The van der Waals surface area contributed by atoms with Gasteiger partial charge in [0.1, 0.15) is 0 Å². The predicted molar refractivity (Wildman–Crippen MR) is 50.9 cm³/mol. The summed E-state index contributed by atoms with van der Waals surface area (Å²) in [5.74, 6) is -0.884. The molecule has 0 heterocycles. The van der Waals surface area contributed by atoms with Crippen LogP contribution in [0.2, 0.25) is 0 Å². The van der Waals surface area contributed by atoms with E-state index in [0.717, 1.165) is 10.8 Å². The van der Waals surface area contributed by atoms with Crippen LogP contribution in [0.3, 0.4) is 0 Å². The van der Waals surface area contributed by atoms with E-state index >= 15 is 0 Å². The number of carboxylic acids is 1. The van der Waals surface area contributed by atoms with Gasteiger partial charge in [0.15, 0.2) is 0 Å². The van der Waals surface area contributed by atoms with Crippen LogP contribution in [0, 0.1) is 0 Å². The fraction of sp³-hybridized carbons (Fsp3) is 0. The Bertz CT molecular complexity index is 466. The predicted octanol–water partition coefficient (Wildman–Crippen LogP) is 2.54. The van der Waals surface area contributed by atoms with Gasteiger partial charge >= 0.3 is 5.97 Å². The van der Waals surface area contributed by atoms with E-state index in [0.29, 0.717) is 5.56 Å². The van der Waals surface area contributed by atoms with Crippen LogP contribution in [0.25, 0.3) is 10.8 Å². The molecule has 2 aromatic rings. The maximum Gasteiger partial charge on any atom is 0.335 e. The van der Waals surface area contributed by atoms with Crippen molar-refractivity contribution >= 4 is 16.7 Å². The second kappa shape index (κ2) is 4.42. The summed E-state index contributed by atoms with van der Waals surface area (Å²) in [5.41, 5.74) is 0.332. The second-order valence-electron chi connectivity index (χ2n) is 2.87. The number of benzene rings is 2. The molecule has 0 aromatic heterocycles. The van der Waals surface area contributed by atoms with E-state index < -0.39 is 5.97 Å². The zero-order valence-electron chi connectivity index (χ0n) is 7.20. The van der Waals surface area contributed by atoms with Gasteiger partial charge in [-0.3, -0.25) is 0 Å². The number of aromatic carboxylic acids is 1. The molecular weight excluding hydrogens is 272 g/mol. The molecule has 0 bridgehead atoms. The molecule has 0 aliphatic heterocycles. The van der Waals surface area contributed by atoms with Crippen molar-refractivity contribution in [3.05, 3.63) is 48.0 Å². The summed E-state index contributed by atoms with van der Waals surface area (Å²) >= 11 is 0. The Morgan fingerprint density at radius 3 is 2.29 bits per heavy atom. The maximum atomic E-state index is 10.6. The van der Waals surface area contributed by atoms with Crippen molar-refractivity contribution in [1.82, 2.24) is 0 Å². The fourth-order valence-corrected chi connectivity index (χ4v) is 1.32. The van der Waals surface area contributed by atoms with E-state index in [1.54, 1.807) is 12.1 Å². The molecule has 0 unspecified atom stereocenters. The van der Waals surface area contributed by atoms with Crippen LogP contribution in [-0.2, 0) is 22.4 Å². The minimum atomic E-state index is -0.884. The average molecular weight is 280 g/mol. The van der Waals surface area contributed by atoms with E-state index in [1.165, 1.54) is 0 Å². The number of rotatable bonds is 1. The largest absolute Gasteiger partial charge is 0.478 e. The monoisotopic (exact) mass is 279 g/mol. The summed E-state index contributed by atoms with van der Waals surface area (Å²) in [6, 6.07) is 12.8. The van der Waals surface area contributed by atoms with Gasteiger partial charge in [-0.05, 0) is 22.9 Å². The van der Waals surface area contributed by atoms with Gasteiger partial charge in [0, 0.05) is 22.4 Å². The fourth-order valence-electron chi connectivity index (χ4n) is 1.32. The number of hydrogen-bond donors (Lipinski definition) is 1. The van der Waals surface area contributed by atoms with Crippen molar-refractivity contribution in [3.8, 4) is 0 Å². The second-order valence-corrected chi connectivity index (χ2v) is 2.87. The maximum absolute atomic E-state index is 10.6. The zero-order valence-corrected chi connectivity index (χ0v) is 8.68. The molecule has 2 rings (SSSR count). The van der Waals surface area contributed by atoms with Gasteiger partial charge in [0.2, 0.25) is 0 Å². The molecule has 0 saturated heterocycles. The smallest absolute Gasteiger partial charge is 0.335 e. The van der Waals surface area contributed by atoms with Crippen molar-refractivity contribution in [2.75, 3.05) is 0 Å². The molecule has 75 valence electrons. The third kappa shape index (κ3) is 2.04. The summed E-state index contributed by atoms with van der Waals surface area (Å²) in [4.78, 5) is 10.6. The first-order valence-electron chi connectivity index (χ1n) is 3.99. The molecular formula is C11H8AgO2. The summed E-state index contributed by atoms with van der Waals surface area (Å²) < 4.78 is 0. The third-order valence-electron chi connectivity index (χ3n) is 2.00. The van der Waals surface area contributed by atoms with E-state index in [4.69, 9.17) is 5.11 Å². The van der Waals surface area contributed by atoms with Gasteiger partial charge in [0.25, 0.3) is 0 Å². The Balaban J connectivity index is 0.000000980. The van der Waals surface area contributed by atoms with Gasteiger partial charge in [0.05, 0.1) is 5.56 Å². The van der Waals surface area contributed by atoms with E-state index in [9.17, 15) is 4.79 Å². The first kappa shape index (κ1) is 11.0. The Hall–Kier alpha value is -1.09. The number of carboxylic acid groups (broad SMARTS) is 1. The van der Waals surface area contributed by atoms with Crippen molar-refractivity contribution in [3.63, 3.8) is 0 Å². The van der Waals surface area contributed by atoms with Gasteiger partial charge in [-0.1, -0.05) is 30.3 Å². The van der Waals surface area contributed by atoms with Gasteiger partial charge in [-0.2, -0.15) is 0 Å². The molecule has 0 amide bonds. The molecule has 0 aliphatic carbocycles. The molecule has 0 saturated carbocycles. The average Bonchev–Trinajstić information content (AvgIpc) is 2.17. The molecule has 3 heteroatoms. The number of hydrogen-bond acceptors (Lipinski definition) is 1. The van der Waals surface area contributed by atoms with Crippen molar-refractivity contribution in [2.45, 2.75) is 0 Å². The van der Waals surface area contributed by atoms with E-state index in [2.05, 4.69) is 0 Å². The van der Waals surface area contributed by atoms with Crippen LogP contribution >= 0.6 is 0 Å². The Labute approximate surface area is 97.1 Å². The molecule has 2 nitrogen and oxygen atoms in total. The topological polar surface area (TPSA) is 37.3 Å². The first-order chi connectivity index (χ1) is 6.27. The number of carbonyl (C=O) groups is 1. The summed E-state index contributed by atoms with van der Waals surface area (Å²) in [5, 5.41) is 10.8. The normalized spacial score (nSPS) is 9.43. The van der Waals surface area contributed by atoms with Gasteiger partial charge in [-0.15, -0.1) is 0 Å². The minimum Gasteiger partial charge on any atom is -0.478 e. The molecule has 0 atom stereocenters. The van der Waals surface area contributed by atoms with E-state index in [1.807, 2.05) is 30.3 Å². The summed E-state index contributed by atoms with van der Waals surface area (Å²) in [6.45, 7) is 0. The Morgan fingerprint density at radius 2 is 1.64 bits per heavy atom. The molecule has 2 aromatic carbocycles. The molecule has 0 fully saturated rings. The summed E-state index contributed by atoms with van der Waals surface area (Å²) in [6.07, 6.45) is 0. The molecule has 14 heavy (non-hydrogen) atoms. The van der Waals surface area contributed by atoms with Crippen LogP contribution in [-0.4, -0.2) is 11.1 Å². The van der Waals surface area contributed by atoms with Crippen LogP contribution < -0.4 is 0 Å². The van der Waals surface area contributed by atoms with Crippen molar-refractivity contribution in [1.29, 1.82) is 0 Å². The standard InChI is InChI=1S/C11H8O2.Ag/c12-11(13)10-6-5-8-3-1-2-4-9(8)7-10;/h1-7H,(H,12,13);. The van der Waals surface area contributed by atoms with Gasteiger partial charge < -0.3 is 5.11 Å². The van der Waals surface area contributed by atoms with Gasteiger partial charge in [-0.25, -0.2) is 4.79 Å². The van der Waals surface area contributed by atoms with Crippen LogP contribution in [0.1, 0.15) is 10.4 Å². The molecule has 1 radical (unpaired) electrons. The molecule has 1 N–H and O–H groups in total. The van der Waals surface area contributed by atoms with Crippen molar-refractivity contribution < 1.29 is 32.3 Å². The van der Waals surface area contributed by atoms with Crippen LogP contribution in [0.5, 0.6) is 0 Å². The van der Waals surface area contributed by atoms with Crippen LogP contribution in [0.4, 0.5) is 0 Å². The SMILES string of the molecule is O=C(O)c1ccc2ccccc2c1.[Ag]. The van der Waals surface area contributed by atoms with E-state index in [-0.39, 0.29) is 22.4 Å². The zero-order chi connectivity index (χ0) is 9.26. The first-order valence-corrected chi connectivity index (χ1v) is 3.99. The Morgan fingerprint density at radius 1 is 1.00 bits per heavy atom. The van der Waals surface area contributed by atoms with Crippen molar-refractivity contribution in [2.24, 2.45) is 0 Å². The number of fused-ring (bicyclic) bond motifs is 1. The molecule has 0 aliphatic rings. The molecule has 0 spiro atoms. The van der Waals surface area contributed by atoms with Crippen LogP contribution in [0.15, 0.2) is 42.5 Å². The quantitative estimate of drug-likeness (QED) is 0.815. The third-order valence-corrected chi connectivity index (χ3v) is 2.00. The summed E-state index contributed by atoms with van der Waals surface area (Å²) in [7, 11) is 0.